The van der Waals surface area contributed by atoms with Gasteiger partial charge in [-0.1, -0.05) is 59.3 Å². The van der Waals surface area contributed by atoms with Gasteiger partial charge in [-0.2, -0.15) is 0 Å². The smallest absolute Gasteiger partial charge is 0.132 e. The molecule has 0 radical (unpaired) electrons. The number of halogens is 2. The van der Waals surface area contributed by atoms with Gasteiger partial charge in [0.25, 0.3) is 0 Å². The molecule has 1 unspecified atom stereocenters. The number of hydrogen-bond acceptors (Lipinski definition) is 1. The van der Waals surface area contributed by atoms with E-state index in [4.69, 9.17) is 0 Å². The van der Waals surface area contributed by atoms with Crippen molar-refractivity contribution in [2.45, 2.75) is 61.3 Å². The van der Waals surface area contributed by atoms with Crippen LogP contribution in [0.25, 0.3) is 0 Å². The molecule has 0 saturated heterocycles. The van der Waals surface area contributed by atoms with Gasteiger partial charge in [0, 0.05) is 18.3 Å². The van der Waals surface area contributed by atoms with Crippen molar-refractivity contribution in [3.05, 3.63) is 89.2 Å². The van der Waals surface area contributed by atoms with Crippen LogP contribution in [0.15, 0.2) is 77.0 Å². The molecule has 3 heteroatoms. The molecule has 0 saturated carbocycles. The Balaban J connectivity index is 0.000000531. The second-order valence-electron chi connectivity index (χ2n) is 8.05. The fraction of sp³-hybridized carbons (Fsp3) is 0.429. The zero-order valence-corrected chi connectivity index (χ0v) is 20.5. The number of hydrogen-bond donors (Lipinski definition) is 0. The molecule has 0 bridgehead atoms. The van der Waals surface area contributed by atoms with Crippen molar-refractivity contribution in [1.82, 2.24) is 0 Å². The molecule has 1 aliphatic carbocycles. The summed E-state index contributed by atoms with van der Waals surface area (Å²) in [5.74, 6) is -0.393. The molecule has 1 atom stereocenters. The van der Waals surface area contributed by atoms with Crippen LogP contribution in [0.1, 0.15) is 66.9 Å². The van der Waals surface area contributed by atoms with Gasteiger partial charge in [-0.25, -0.2) is 8.78 Å². The first-order valence-corrected chi connectivity index (χ1v) is 10.9. The third-order valence-electron chi connectivity index (χ3n) is 5.19. The van der Waals surface area contributed by atoms with Crippen LogP contribution in [0, 0.1) is 23.0 Å². The van der Waals surface area contributed by atoms with Gasteiger partial charge in [0.05, 0.1) is 0 Å². The summed E-state index contributed by atoms with van der Waals surface area (Å²) < 4.78 is 25.6. The Hall–Kier alpha value is -2.51. The van der Waals surface area contributed by atoms with Crippen LogP contribution < -0.4 is 0 Å². The average Bonchev–Trinajstić information content (AvgIpc) is 2.96. The van der Waals surface area contributed by atoms with Crippen molar-refractivity contribution < 1.29 is 8.78 Å². The monoisotopic (exact) mass is 427 g/mol. The summed E-state index contributed by atoms with van der Waals surface area (Å²) in [6, 6.07) is 3.32. The fourth-order valence-electron chi connectivity index (χ4n) is 3.34. The molecule has 2 rings (SSSR count). The van der Waals surface area contributed by atoms with Gasteiger partial charge < -0.3 is 0 Å². The van der Waals surface area contributed by atoms with Crippen molar-refractivity contribution in [1.29, 1.82) is 0 Å². The minimum Gasteiger partial charge on any atom is -0.293 e. The first-order valence-electron chi connectivity index (χ1n) is 10.9. The number of benzene rings is 1. The number of aliphatic imine (C=N–C) groups is 1. The minimum atomic E-state index is -0.450. The summed E-state index contributed by atoms with van der Waals surface area (Å²) in [6.07, 6.45) is 12.7. The second-order valence-corrected chi connectivity index (χ2v) is 8.05. The van der Waals surface area contributed by atoms with Gasteiger partial charge in [0.2, 0.25) is 0 Å². The van der Waals surface area contributed by atoms with E-state index in [0.717, 1.165) is 24.6 Å². The van der Waals surface area contributed by atoms with Crippen LogP contribution in [0.5, 0.6) is 0 Å². The third-order valence-corrected chi connectivity index (χ3v) is 5.19. The first-order chi connectivity index (χ1) is 14.6. The molecule has 0 N–H and O–H groups in total. The Morgan fingerprint density at radius 3 is 2.35 bits per heavy atom. The Labute approximate surface area is 188 Å². The van der Waals surface area contributed by atoms with Crippen molar-refractivity contribution in [2.24, 2.45) is 16.3 Å². The third kappa shape index (κ3) is 9.02. The van der Waals surface area contributed by atoms with Crippen LogP contribution in [0.4, 0.5) is 8.78 Å². The van der Waals surface area contributed by atoms with E-state index in [1.807, 2.05) is 12.2 Å². The number of rotatable bonds is 5. The van der Waals surface area contributed by atoms with Crippen LogP contribution in [-0.4, -0.2) is 12.8 Å². The molecule has 0 heterocycles. The molecule has 0 aliphatic heterocycles. The predicted octanol–water partition coefficient (Wildman–Crippen LogP) is 8.64. The van der Waals surface area contributed by atoms with E-state index in [9.17, 15) is 8.78 Å². The molecule has 0 spiro atoms. The van der Waals surface area contributed by atoms with Gasteiger partial charge in [0.1, 0.15) is 11.6 Å². The van der Waals surface area contributed by atoms with E-state index in [1.54, 1.807) is 14.0 Å². The largest absolute Gasteiger partial charge is 0.293 e. The standard InChI is InChI=1S/C16H22.C9H9F2N.C3H8/c1-6-14(7-2)16(4,5)15-12-10-8-9-11-13(15)3;1-6(12-2)8-5-7(10)3-4-9(8)11;1-3-2/h6,8-9,11-12,14H,1,7H2,2-5H3;3-5H,1-2H3;3H2,1-2H3. The van der Waals surface area contributed by atoms with Crippen molar-refractivity contribution in [2.75, 3.05) is 7.05 Å². The highest BCUT2D eigenvalue weighted by Crippen LogP contribution is 2.40. The lowest BCUT2D eigenvalue weighted by molar-refractivity contribution is 0.317. The molecule has 0 aromatic heterocycles. The summed E-state index contributed by atoms with van der Waals surface area (Å²) in [5.41, 5.74) is 6.73. The number of nitrogens with zero attached hydrogens (tertiary/aromatic N) is 1. The highest BCUT2D eigenvalue weighted by molar-refractivity contribution is 5.98. The van der Waals surface area contributed by atoms with Crippen LogP contribution in [0.3, 0.4) is 0 Å². The molecule has 1 aromatic rings. The zero-order chi connectivity index (χ0) is 24.0. The van der Waals surface area contributed by atoms with Gasteiger partial charge in [0.15, 0.2) is 0 Å². The molecule has 1 aliphatic rings. The summed E-state index contributed by atoms with van der Waals surface area (Å²) in [7, 11) is 1.54. The molecular weight excluding hydrogens is 388 g/mol. The van der Waals surface area contributed by atoms with Gasteiger partial charge >= 0.3 is 0 Å². The van der Waals surface area contributed by atoms with Gasteiger partial charge in [-0.15, -0.1) is 12.3 Å². The molecule has 170 valence electrons. The fourth-order valence-corrected chi connectivity index (χ4v) is 3.34. The number of allylic oxidation sites excluding steroid dienone is 6. The molecule has 1 aromatic carbocycles. The van der Waals surface area contributed by atoms with Crippen LogP contribution in [-0.2, 0) is 0 Å². The van der Waals surface area contributed by atoms with Gasteiger partial charge in [-0.05, 0) is 73.1 Å². The van der Waals surface area contributed by atoms with E-state index < -0.39 is 11.6 Å². The summed E-state index contributed by atoms with van der Waals surface area (Å²) in [5, 5.41) is 0. The maximum atomic E-state index is 13.0. The average molecular weight is 428 g/mol. The Bertz CT molecular complexity index is 863. The highest BCUT2D eigenvalue weighted by Gasteiger charge is 2.29. The SMILES string of the molecule is C=CC(CC)C(C)(C)C1=C(C)C=CC=C=C1.CCC.CN=C(C)c1cc(F)ccc1F. The maximum Gasteiger partial charge on any atom is 0.132 e. The summed E-state index contributed by atoms with van der Waals surface area (Å²) >= 11 is 0. The van der Waals surface area contributed by atoms with E-state index in [0.29, 0.717) is 11.6 Å². The molecule has 1 nitrogen and oxygen atoms in total. The first kappa shape index (κ1) is 28.5. The lowest BCUT2D eigenvalue weighted by Gasteiger charge is -2.34. The topological polar surface area (TPSA) is 12.4 Å². The van der Waals surface area contributed by atoms with Crippen molar-refractivity contribution >= 4 is 5.71 Å². The lowest BCUT2D eigenvalue weighted by Crippen LogP contribution is -2.24. The second kappa shape index (κ2) is 14.5. The molecular formula is C28H39F2N. The predicted molar refractivity (Wildman–Crippen MR) is 133 cm³/mol. The summed E-state index contributed by atoms with van der Waals surface area (Å²) in [4.78, 5) is 3.77. The maximum absolute atomic E-state index is 13.0. The highest BCUT2D eigenvalue weighted by atomic mass is 19.1. The van der Waals surface area contributed by atoms with E-state index in [1.165, 1.54) is 17.6 Å². The van der Waals surface area contributed by atoms with Crippen LogP contribution >= 0.6 is 0 Å². The van der Waals surface area contributed by atoms with E-state index in [2.05, 4.69) is 77.1 Å². The van der Waals surface area contributed by atoms with Crippen LogP contribution in [0.2, 0.25) is 0 Å². The Morgan fingerprint density at radius 1 is 1.23 bits per heavy atom. The Morgan fingerprint density at radius 2 is 1.84 bits per heavy atom. The minimum absolute atomic E-state index is 0.121. The lowest BCUT2D eigenvalue weighted by atomic mass is 9.70. The van der Waals surface area contributed by atoms with Crippen molar-refractivity contribution in [3.63, 3.8) is 0 Å². The quantitative estimate of drug-likeness (QED) is 0.253. The zero-order valence-electron chi connectivity index (χ0n) is 20.5. The van der Waals surface area contributed by atoms with Gasteiger partial charge in [-0.3, -0.25) is 4.99 Å². The van der Waals surface area contributed by atoms with E-state index in [-0.39, 0.29) is 11.0 Å². The Kier molecular flexibility index (Phi) is 13.3. The van der Waals surface area contributed by atoms with E-state index >= 15 is 0 Å². The molecule has 0 amide bonds. The summed E-state index contributed by atoms with van der Waals surface area (Å²) in [6.45, 7) is 18.8. The normalized spacial score (nSPS) is 14.2. The molecule has 31 heavy (non-hydrogen) atoms. The molecule has 0 fully saturated rings. The van der Waals surface area contributed by atoms with Crippen molar-refractivity contribution in [3.8, 4) is 0 Å².